The van der Waals surface area contributed by atoms with Crippen molar-refractivity contribution in [3.63, 3.8) is 0 Å². The summed E-state index contributed by atoms with van der Waals surface area (Å²) in [6.07, 6.45) is 2.62. The number of carbonyl (C=O) groups excluding carboxylic acids is 1. The van der Waals surface area contributed by atoms with E-state index in [1.165, 1.54) is 0 Å². The molecule has 0 saturated heterocycles. The average molecular weight is 228 g/mol. The molecule has 0 unspecified atom stereocenters. The number of hydrogen-bond donors (Lipinski definition) is 2. The van der Waals surface area contributed by atoms with Crippen LogP contribution < -0.4 is 5.32 Å². The largest absolute Gasteiger partial charge is 0.480 e. The summed E-state index contributed by atoms with van der Waals surface area (Å²) in [6.45, 7) is 1.44. The lowest BCUT2D eigenvalue weighted by molar-refractivity contribution is -0.162. The molecule has 0 aromatic heterocycles. The summed E-state index contributed by atoms with van der Waals surface area (Å²) in [4.78, 5) is 24.8. The van der Waals surface area contributed by atoms with E-state index in [9.17, 15) is 9.59 Å². The molecule has 1 fully saturated rings. The van der Waals surface area contributed by atoms with Crippen molar-refractivity contribution in [3.05, 3.63) is 0 Å². The Kier molecular flexibility index (Phi) is 4.29. The molecule has 2 N–H and O–H groups in total. The first kappa shape index (κ1) is 13.0. The van der Waals surface area contributed by atoms with Crippen LogP contribution in [0.15, 0.2) is 0 Å². The van der Waals surface area contributed by atoms with Crippen LogP contribution in [0.3, 0.4) is 0 Å². The Balaban J connectivity index is 2.31. The van der Waals surface area contributed by atoms with Gasteiger partial charge in [0.15, 0.2) is 0 Å². The summed E-state index contributed by atoms with van der Waals surface area (Å²) in [5.74, 6) is -1.30. The highest BCUT2D eigenvalue weighted by molar-refractivity contribution is 6.02. The van der Waals surface area contributed by atoms with Crippen LogP contribution in [-0.2, 0) is 9.59 Å². The van der Waals surface area contributed by atoms with Gasteiger partial charge in [-0.15, -0.1) is 0 Å². The first-order valence-corrected chi connectivity index (χ1v) is 5.65. The number of nitrogens with zero attached hydrogens (tertiary/aromatic N) is 1. The maximum absolute atomic E-state index is 11.7. The lowest BCUT2D eigenvalue weighted by Crippen LogP contribution is -2.51. The number of carbonyl (C=O) groups is 2. The Morgan fingerprint density at radius 2 is 2.00 bits per heavy atom. The molecule has 0 spiro atoms. The monoisotopic (exact) mass is 228 g/mol. The molecule has 1 aliphatic rings. The molecular formula is C11H20N2O3. The highest BCUT2D eigenvalue weighted by Gasteiger charge is 2.50. The summed E-state index contributed by atoms with van der Waals surface area (Å²) in [5.41, 5.74) is -1.13. The van der Waals surface area contributed by atoms with Gasteiger partial charge in [-0.05, 0) is 39.9 Å². The van der Waals surface area contributed by atoms with Crippen molar-refractivity contribution in [2.75, 3.05) is 27.2 Å². The van der Waals surface area contributed by atoms with E-state index >= 15 is 0 Å². The first-order chi connectivity index (χ1) is 7.49. The van der Waals surface area contributed by atoms with Gasteiger partial charge >= 0.3 is 5.97 Å². The number of nitrogens with one attached hydrogen (secondary N) is 1. The van der Waals surface area contributed by atoms with Crippen molar-refractivity contribution < 1.29 is 14.7 Å². The van der Waals surface area contributed by atoms with E-state index in [4.69, 9.17) is 5.11 Å². The summed E-state index contributed by atoms with van der Waals surface area (Å²) < 4.78 is 0. The SMILES string of the molecule is CN(C)CCCNC(=O)C1(C(=O)O)CCC1. The van der Waals surface area contributed by atoms with Crippen LogP contribution >= 0.6 is 0 Å². The van der Waals surface area contributed by atoms with Gasteiger partial charge in [-0.2, -0.15) is 0 Å². The molecule has 0 bridgehead atoms. The van der Waals surface area contributed by atoms with E-state index in [0.29, 0.717) is 19.4 Å². The van der Waals surface area contributed by atoms with Gasteiger partial charge in [0.25, 0.3) is 0 Å². The molecule has 0 aliphatic heterocycles. The third-order valence-electron chi connectivity index (χ3n) is 3.12. The number of amides is 1. The van der Waals surface area contributed by atoms with Gasteiger partial charge in [0.05, 0.1) is 0 Å². The van der Waals surface area contributed by atoms with E-state index in [1.807, 2.05) is 19.0 Å². The number of carboxylic acid groups (broad SMARTS) is 1. The third-order valence-corrected chi connectivity index (χ3v) is 3.12. The molecular weight excluding hydrogens is 208 g/mol. The third kappa shape index (κ3) is 2.72. The maximum Gasteiger partial charge on any atom is 0.319 e. The van der Waals surface area contributed by atoms with Crippen molar-refractivity contribution in [1.29, 1.82) is 0 Å². The maximum atomic E-state index is 11.7. The normalized spacial score (nSPS) is 17.9. The van der Waals surface area contributed by atoms with E-state index in [2.05, 4.69) is 5.32 Å². The molecule has 0 heterocycles. The molecule has 1 saturated carbocycles. The molecule has 1 aliphatic carbocycles. The van der Waals surface area contributed by atoms with E-state index < -0.39 is 11.4 Å². The Morgan fingerprint density at radius 3 is 2.38 bits per heavy atom. The molecule has 1 rings (SSSR count). The molecule has 92 valence electrons. The van der Waals surface area contributed by atoms with Gasteiger partial charge in [-0.1, -0.05) is 6.42 Å². The van der Waals surface area contributed by atoms with Crippen LogP contribution in [0.2, 0.25) is 0 Å². The zero-order chi connectivity index (χ0) is 12.2. The second-order valence-corrected chi connectivity index (χ2v) is 4.65. The van der Waals surface area contributed by atoms with E-state index in [1.54, 1.807) is 0 Å². The van der Waals surface area contributed by atoms with E-state index in [-0.39, 0.29) is 5.91 Å². The predicted octanol–water partition coefficient (Wildman–Crippen LogP) is 0.309. The van der Waals surface area contributed by atoms with E-state index in [0.717, 1.165) is 19.4 Å². The summed E-state index contributed by atoms with van der Waals surface area (Å²) in [5, 5.41) is 11.7. The second kappa shape index (κ2) is 5.30. The van der Waals surface area contributed by atoms with Crippen LogP contribution in [0.5, 0.6) is 0 Å². The molecule has 5 heteroatoms. The zero-order valence-electron chi connectivity index (χ0n) is 9.95. The molecule has 0 aromatic carbocycles. The van der Waals surface area contributed by atoms with Crippen molar-refractivity contribution in [1.82, 2.24) is 10.2 Å². The second-order valence-electron chi connectivity index (χ2n) is 4.65. The highest BCUT2D eigenvalue weighted by Crippen LogP contribution is 2.41. The standard InChI is InChI=1S/C11H20N2O3/c1-13(2)8-4-7-12-9(14)11(10(15)16)5-3-6-11/h3-8H2,1-2H3,(H,12,14)(H,15,16). The summed E-state index contributed by atoms with van der Waals surface area (Å²) >= 11 is 0. The highest BCUT2D eigenvalue weighted by atomic mass is 16.4. The minimum atomic E-state index is -1.13. The molecule has 0 aromatic rings. The topological polar surface area (TPSA) is 69.6 Å². The van der Waals surface area contributed by atoms with Crippen molar-refractivity contribution >= 4 is 11.9 Å². The van der Waals surface area contributed by atoms with Crippen LogP contribution in [0.1, 0.15) is 25.7 Å². The Morgan fingerprint density at radius 1 is 1.38 bits per heavy atom. The molecule has 5 nitrogen and oxygen atoms in total. The van der Waals surface area contributed by atoms with Gasteiger partial charge < -0.3 is 15.3 Å². The Bertz CT molecular complexity index is 272. The van der Waals surface area contributed by atoms with Crippen molar-refractivity contribution in [2.45, 2.75) is 25.7 Å². The summed E-state index contributed by atoms with van der Waals surface area (Å²) in [7, 11) is 3.93. The van der Waals surface area contributed by atoms with Crippen molar-refractivity contribution in [2.24, 2.45) is 5.41 Å². The lowest BCUT2D eigenvalue weighted by atomic mass is 9.68. The Hall–Kier alpha value is -1.10. The van der Waals surface area contributed by atoms with Gasteiger partial charge in [-0.25, -0.2) is 0 Å². The zero-order valence-corrected chi connectivity index (χ0v) is 9.95. The molecule has 16 heavy (non-hydrogen) atoms. The fourth-order valence-corrected chi connectivity index (χ4v) is 1.83. The fourth-order valence-electron chi connectivity index (χ4n) is 1.83. The number of rotatable bonds is 6. The molecule has 0 atom stereocenters. The first-order valence-electron chi connectivity index (χ1n) is 5.65. The van der Waals surface area contributed by atoms with Gasteiger partial charge in [-0.3, -0.25) is 9.59 Å². The fraction of sp³-hybridized carbons (Fsp3) is 0.818. The van der Waals surface area contributed by atoms with Gasteiger partial charge in [0.2, 0.25) is 5.91 Å². The quantitative estimate of drug-likeness (QED) is 0.507. The van der Waals surface area contributed by atoms with Crippen LogP contribution in [0, 0.1) is 5.41 Å². The smallest absolute Gasteiger partial charge is 0.319 e. The molecule has 0 radical (unpaired) electrons. The van der Waals surface area contributed by atoms with Crippen LogP contribution in [0.4, 0.5) is 0 Å². The lowest BCUT2D eigenvalue weighted by Gasteiger charge is -2.35. The van der Waals surface area contributed by atoms with Crippen molar-refractivity contribution in [3.8, 4) is 0 Å². The minimum absolute atomic E-state index is 0.315. The number of carboxylic acids is 1. The van der Waals surface area contributed by atoms with Gasteiger partial charge in [0.1, 0.15) is 5.41 Å². The average Bonchev–Trinajstić information content (AvgIpc) is 2.09. The van der Waals surface area contributed by atoms with Gasteiger partial charge in [0, 0.05) is 6.54 Å². The number of aliphatic carboxylic acids is 1. The van der Waals surface area contributed by atoms with Crippen LogP contribution in [0.25, 0.3) is 0 Å². The molecule has 1 amide bonds. The minimum Gasteiger partial charge on any atom is -0.480 e. The summed E-state index contributed by atoms with van der Waals surface area (Å²) in [6, 6.07) is 0. The number of hydrogen-bond acceptors (Lipinski definition) is 3. The van der Waals surface area contributed by atoms with Crippen LogP contribution in [-0.4, -0.2) is 49.1 Å². The Labute approximate surface area is 95.8 Å². The predicted molar refractivity (Wildman–Crippen MR) is 60.1 cm³/mol.